The number of hydrogen-bond acceptors (Lipinski definition) is 6. The van der Waals surface area contributed by atoms with Crippen molar-refractivity contribution in [1.29, 1.82) is 0 Å². The molecule has 1 heterocycles. The van der Waals surface area contributed by atoms with Crippen LogP contribution in [-0.2, 0) is 6.54 Å². The number of anilines is 1. The molecule has 1 atom stereocenters. The van der Waals surface area contributed by atoms with E-state index in [1.807, 2.05) is 55.5 Å². The number of aromatic nitrogens is 2. The number of nitrogens with zero attached hydrogens (tertiary/aromatic N) is 1. The monoisotopic (exact) mass is 501 g/mol. The molecule has 0 aliphatic heterocycles. The molecule has 0 spiro atoms. The SMILES string of the molecule is CCCCOc1cc(CNc2c(OC(C)c3ccccc3)n[nH]c(=O)c2Br)ccc1OC. The topological polar surface area (TPSA) is 85.5 Å². The lowest BCUT2D eigenvalue weighted by Crippen LogP contribution is -2.16. The quantitative estimate of drug-likeness (QED) is 0.338. The maximum Gasteiger partial charge on any atom is 0.280 e. The van der Waals surface area contributed by atoms with E-state index in [4.69, 9.17) is 14.2 Å². The summed E-state index contributed by atoms with van der Waals surface area (Å²) in [6.45, 7) is 5.12. The van der Waals surface area contributed by atoms with Gasteiger partial charge in [0.1, 0.15) is 16.3 Å². The highest BCUT2D eigenvalue weighted by Gasteiger charge is 2.17. The third-order valence-electron chi connectivity index (χ3n) is 4.90. The smallest absolute Gasteiger partial charge is 0.280 e. The van der Waals surface area contributed by atoms with Gasteiger partial charge in [-0.15, -0.1) is 5.10 Å². The average Bonchev–Trinajstić information content (AvgIpc) is 2.82. The molecule has 0 aliphatic rings. The van der Waals surface area contributed by atoms with Crippen LogP contribution >= 0.6 is 15.9 Å². The molecular formula is C24H28BrN3O4. The number of rotatable bonds is 11. The Kier molecular flexibility index (Phi) is 8.56. The summed E-state index contributed by atoms with van der Waals surface area (Å²) in [4.78, 5) is 12.1. The minimum atomic E-state index is -0.342. The molecule has 3 rings (SSSR count). The lowest BCUT2D eigenvalue weighted by atomic mass is 10.1. The molecule has 0 aliphatic carbocycles. The van der Waals surface area contributed by atoms with E-state index in [-0.39, 0.29) is 11.7 Å². The van der Waals surface area contributed by atoms with E-state index in [2.05, 4.69) is 38.4 Å². The van der Waals surface area contributed by atoms with Crippen molar-refractivity contribution in [2.24, 2.45) is 0 Å². The third-order valence-corrected chi connectivity index (χ3v) is 5.66. The van der Waals surface area contributed by atoms with Crippen LogP contribution < -0.4 is 25.1 Å². The van der Waals surface area contributed by atoms with Crippen molar-refractivity contribution in [3.8, 4) is 17.4 Å². The Morgan fingerprint density at radius 1 is 1.16 bits per heavy atom. The second kappa shape index (κ2) is 11.6. The van der Waals surface area contributed by atoms with Crippen molar-refractivity contribution in [3.63, 3.8) is 0 Å². The number of methoxy groups -OCH3 is 1. The summed E-state index contributed by atoms with van der Waals surface area (Å²) >= 11 is 3.36. The first-order chi connectivity index (χ1) is 15.5. The summed E-state index contributed by atoms with van der Waals surface area (Å²) in [5, 5.41) is 9.85. The predicted octanol–water partition coefficient (Wildman–Crippen LogP) is 5.47. The first-order valence-corrected chi connectivity index (χ1v) is 11.4. The number of unbranched alkanes of at least 4 members (excludes halogenated alkanes) is 1. The molecule has 0 amide bonds. The van der Waals surface area contributed by atoms with E-state index in [0.717, 1.165) is 24.0 Å². The van der Waals surface area contributed by atoms with Gasteiger partial charge < -0.3 is 19.5 Å². The molecule has 0 radical (unpaired) electrons. The molecule has 8 heteroatoms. The number of nitrogens with one attached hydrogen (secondary N) is 2. The van der Waals surface area contributed by atoms with Gasteiger partial charge in [-0.3, -0.25) is 4.79 Å². The highest BCUT2D eigenvalue weighted by molar-refractivity contribution is 9.10. The summed E-state index contributed by atoms with van der Waals surface area (Å²) in [7, 11) is 1.62. The number of halogens is 1. The van der Waals surface area contributed by atoms with Crippen molar-refractivity contribution < 1.29 is 14.2 Å². The minimum absolute atomic E-state index is 0.249. The lowest BCUT2D eigenvalue weighted by Gasteiger charge is -2.18. The van der Waals surface area contributed by atoms with E-state index in [1.165, 1.54) is 0 Å². The Bertz CT molecular complexity index is 1070. The number of aromatic amines is 1. The van der Waals surface area contributed by atoms with E-state index >= 15 is 0 Å². The van der Waals surface area contributed by atoms with Crippen molar-refractivity contribution in [2.75, 3.05) is 19.0 Å². The van der Waals surface area contributed by atoms with Gasteiger partial charge in [0.05, 0.1) is 13.7 Å². The maximum absolute atomic E-state index is 12.1. The van der Waals surface area contributed by atoms with Crippen molar-refractivity contribution in [2.45, 2.75) is 39.3 Å². The van der Waals surface area contributed by atoms with Crippen LogP contribution in [0.4, 0.5) is 5.69 Å². The summed E-state index contributed by atoms with van der Waals surface area (Å²) < 4.78 is 17.7. The van der Waals surface area contributed by atoms with Gasteiger partial charge in [-0.1, -0.05) is 49.7 Å². The third kappa shape index (κ3) is 6.03. The van der Waals surface area contributed by atoms with Crippen LogP contribution in [-0.4, -0.2) is 23.9 Å². The Morgan fingerprint density at radius 3 is 2.66 bits per heavy atom. The van der Waals surface area contributed by atoms with E-state index in [0.29, 0.717) is 40.7 Å². The standard InChI is InChI=1S/C24H28BrN3O4/c1-4-5-13-31-20-14-17(11-12-19(20)30-3)15-26-22-21(25)23(29)27-28-24(22)32-16(2)18-9-7-6-8-10-18/h6-12,14,16H,4-5,13,15H2,1-3H3,(H2,26,27,29). The van der Waals surface area contributed by atoms with E-state index < -0.39 is 0 Å². The van der Waals surface area contributed by atoms with Crippen LogP contribution in [0.15, 0.2) is 57.8 Å². The Balaban J connectivity index is 1.79. The fourth-order valence-electron chi connectivity index (χ4n) is 3.07. The molecule has 7 nitrogen and oxygen atoms in total. The van der Waals surface area contributed by atoms with Gasteiger partial charge in [-0.25, -0.2) is 5.10 Å². The second-order valence-corrected chi connectivity index (χ2v) is 8.05. The van der Waals surface area contributed by atoms with Gasteiger partial charge in [0.2, 0.25) is 0 Å². The van der Waals surface area contributed by atoms with Crippen LogP contribution in [0.5, 0.6) is 17.4 Å². The normalized spacial score (nSPS) is 11.6. The Labute approximate surface area is 196 Å². The van der Waals surface area contributed by atoms with Gasteiger partial charge >= 0.3 is 0 Å². The van der Waals surface area contributed by atoms with Crippen molar-refractivity contribution in [3.05, 3.63) is 74.5 Å². The number of hydrogen-bond donors (Lipinski definition) is 2. The molecule has 1 unspecified atom stereocenters. The van der Waals surface area contributed by atoms with Gasteiger partial charge in [-0.2, -0.15) is 0 Å². The van der Waals surface area contributed by atoms with Gasteiger partial charge in [0.25, 0.3) is 11.4 Å². The van der Waals surface area contributed by atoms with E-state index in [1.54, 1.807) is 7.11 Å². The summed E-state index contributed by atoms with van der Waals surface area (Å²) in [6, 6.07) is 15.6. The number of benzene rings is 2. The van der Waals surface area contributed by atoms with Crippen LogP contribution in [0, 0.1) is 0 Å². The van der Waals surface area contributed by atoms with Crippen LogP contribution in [0.3, 0.4) is 0 Å². The summed E-state index contributed by atoms with van der Waals surface area (Å²) in [5.41, 5.74) is 2.12. The molecule has 2 aromatic carbocycles. The van der Waals surface area contributed by atoms with Crippen LogP contribution in [0.25, 0.3) is 0 Å². The predicted molar refractivity (Wildman–Crippen MR) is 129 cm³/mol. The van der Waals surface area contributed by atoms with Crippen molar-refractivity contribution >= 4 is 21.6 Å². The highest BCUT2D eigenvalue weighted by atomic mass is 79.9. The maximum atomic E-state index is 12.1. The molecule has 1 aromatic heterocycles. The molecular weight excluding hydrogens is 474 g/mol. The molecule has 32 heavy (non-hydrogen) atoms. The van der Waals surface area contributed by atoms with Gasteiger partial charge in [0.15, 0.2) is 11.5 Å². The fourth-order valence-corrected chi connectivity index (χ4v) is 3.47. The largest absolute Gasteiger partial charge is 0.493 e. The average molecular weight is 502 g/mol. The minimum Gasteiger partial charge on any atom is -0.493 e. The van der Waals surface area contributed by atoms with Gasteiger partial charge in [0, 0.05) is 6.54 Å². The summed E-state index contributed by atoms with van der Waals surface area (Å²) in [5.74, 6) is 1.68. The molecule has 0 bridgehead atoms. The Morgan fingerprint density at radius 2 is 1.94 bits per heavy atom. The summed E-state index contributed by atoms with van der Waals surface area (Å²) in [6.07, 6.45) is 1.77. The highest BCUT2D eigenvalue weighted by Crippen LogP contribution is 2.32. The van der Waals surface area contributed by atoms with Gasteiger partial charge in [-0.05, 0) is 52.5 Å². The molecule has 0 saturated carbocycles. The molecule has 0 fully saturated rings. The zero-order valence-corrected chi connectivity index (χ0v) is 20.1. The number of H-pyrrole nitrogens is 1. The first kappa shape index (κ1) is 23.7. The van der Waals surface area contributed by atoms with Crippen molar-refractivity contribution in [1.82, 2.24) is 10.2 Å². The second-order valence-electron chi connectivity index (χ2n) is 7.26. The molecule has 170 valence electrons. The van der Waals surface area contributed by atoms with Crippen LogP contribution in [0.1, 0.15) is 43.9 Å². The lowest BCUT2D eigenvalue weighted by molar-refractivity contribution is 0.216. The zero-order chi connectivity index (χ0) is 22.9. The molecule has 3 aromatic rings. The Hall–Kier alpha value is -3.00. The molecule has 2 N–H and O–H groups in total. The van der Waals surface area contributed by atoms with E-state index in [9.17, 15) is 4.79 Å². The number of ether oxygens (including phenoxy) is 3. The molecule has 0 saturated heterocycles. The zero-order valence-electron chi connectivity index (χ0n) is 18.5. The fraction of sp³-hybridized carbons (Fsp3) is 0.333. The first-order valence-electron chi connectivity index (χ1n) is 10.6. The van der Waals surface area contributed by atoms with Crippen LogP contribution in [0.2, 0.25) is 0 Å².